The summed E-state index contributed by atoms with van der Waals surface area (Å²) >= 11 is 4.62. The van der Waals surface area contributed by atoms with Crippen molar-refractivity contribution in [3.8, 4) is 5.19 Å². The second-order valence-corrected chi connectivity index (χ2v) is 13.9. The molecule has 3 aliphatic heterocycles. The van der Waals surface area contributed by atoms with Crippen molar-refractivity contribution in [1.82, 2.24) is 20.3 Å². The first-order chi connectivity index (χ1) is 22.3. The zero-order chi connectivity index (χ0) is 32.1. The molecule has 10 nitrogen and oxygen atoms in total. The van der Waals surface area contributed by atoms with Crippen LogP contribution in [0.1, 0.15) is 23.6 Å². The number of nitrogens with zero attached hydrogens (tertiary/aromatic N) is 3. The number of fused-ring (bicyclic) bond motifs is 3. The number of carbonyl (C=O) groups is 3. The fraction of sp³-hybridized carbons (Fsp3) is 0.212. The summed E-state index contributed by atoms with van der Waals surface area (Å²) in [4.78, 5) is 49.6. The number of amides is 2. The van der Waals surface area contributed by atoms with Crippen LogP contribution in [0.5, 0.6) is 5.19 Å². The minimum atomic E-state index is -1.33. The first-order valence-corrected chi connectivity index (χ1v) is 17.7. The largest absolute Gasteiger partial charge is 0.394 e. The van der Waals surface area contributed by atoms with Gasteiger partial charge in [0, 0.05) is 16.7 Å². The van der Waals surface area contributed by atoms with Crippen LogP contribution >= 0.6 is 45.7 Å². The van der Waals surface area contributed by atoms with E-state index in [0.29, 0.717) is 10.2 Å². The summed E-state index contributed by atoms with van der Waals surface area (Å²) in [6.07, 6.45) is 0. The van der Waals surface area contributed by atoms with E-state index in [9.17, 15) is 14.4 Å². The Morgan fingerprint density at radius 2 is 1.54 bits per heavy atom. The van der Waals surface area contributed by atoms with Gasteiger partial charge < -0.3 is 15.4 Å². The van der Waals surface area contributed by atoms with Gasteiger partial charge in [0.05, 0.1) is 13.0 Å². The first kappa shape index (κ1) is 30.7. The molecule has 13 heteroatoms. The van der Waals surface area contributed by atoms with Crippen LogP contribution in [-0.4, -0.2) is 54.6 Å². The Morgan fingerprint density at radius 3 is 2.04 bits per heavy atom. The lowest BCUT2D eigenvalue weighted by molar-refractivity contribution is -0.211. The quantitative estimate of drug-likeness (QED) is 0.0731. The number of thioether (sulfide) groups is 1. The van der Waals surface area contributed by atoms with Gasteiger partial charge in [0.2, 0.25) is 16.8 Å². The van der Waals surface area contributed by atoms with E-state index in [4.69, 9.17) is 9.57 Å². The highest BCUT2D eigenvalue weighted by atomic mass is 127. The molecular weight excluding hydrogens is 737 g/mol. The van der Waals surface area contributed by atoms with Gasteiger partial charge in [0.1, 0.15) is 22.3 Å². The number of ether oxygens (including phenoxy) is 1. The number of hydroxylamine groups is 2. The monoisotopic (exact) mass is 765 g/mol. The van der Waals surface area contributed by atoms with Crippen LogP contribution in [0.15, 0.2) is 108 Å². The van der Waals surface area contributed by atoms with Gasteiger partial charge >= 0.3 is 5.97 Å². The summed E-state index contributed by atoms with van der Waals surface area (Å²) in [5.74, 6) is -0.633. The number of β-lactam (4-membered cyclic amide) rings is 1. The highest BCUT2D eigenvalue weighted by Gasteiger charge is 2.71. The molecule has 0 spiro atoms. The van der Waals surface area contributed by atoms with Gasteiger partial charge in [-0.2, -0.15) is 10.0 Å². The topological polar surface area (TPSA) is 113 Å². The van der Waals surface area contributed by atoms with Crippen molar-refractivity contribution in [3.05, 3.63) is 124 Å². The van der Waals surface area contributed by atoms with Crippen LogP contribution in [0.4, 0.5) is 5.82 Å². The third-order valence-electron chi connectivity index (χ3n) is 8.21. The van der Waals surface area contributed by atoms with E-state index in [1.807, 2.05) is 54.6 Å². The highest BCUT2D eigenvalue weighted by molar-refractivity contribution is 14.1. The van der Waals surface area contributed by atoms with Gasteiger partial charge in [-0.05, 0) is 16.7 Å². The number of nitrogens with one attached hydrogen (secondary N) is 2. The van der Waals surface area contributed by atoms with Crippen LogP contribution in [0.25, 0.3) is 0 Å². The lowest BCUT2D eigenvalue weighted by atomic mass is 9.77. The van der Waals surface area contributed by atoms with Gasteiger partial charge in [-0.3, -0.25) is 19.3 Å². The minimum absolute atomic E-state index is 0.106. The maximum absolute atomic E-state index is 13.8. The molecule has 4 aromatic rings. The smallest absolute Gasteiger partial charge is 0.350 e. The summed E-state index contributed by atoms with van der Waals surface area (Å²) in [5, 5.41) is 9.61. The van der Waals surface area contributed by atoms with Gasteiger partial charge in [0.15, 0.2) is 5.82 Å². The lowest BCUT2D eigenvalue weighted by Crippen LogP contribution is -2.79. The molecule has 7 rings (SSSR count). The molecule has 0 radical (unpaired) electrons. The number of hydrogen-bond donors (Lipinski definition) is 2. The molecule has 1 fully saturated rings. The average molecular weight is 766 g/mol. The standard InChI is InChI=1S/C33H28IN5O5S2/c1-20(40)36-33-26(27(39(33)43-2)38-28(41)24(18-34)29(38)46-33)30(42)44-31-35-25(19-45-31)37-32(21-12-6-3-7-13-21,22-14-8-4-9-15-22)23-16-10-5-11-17-23/h3-17,19,24,29,37H,18H2,1-2H3,(H,36,40)/t24?,29-,33?/m0/s1. The lowest BCUT2D eigenvalue weighted by Gasteiger charge is -2.65. The summed E-state index contributed by atoms with van der Waals surface area (Å²) in [6.45, 7) is 1.37. The molecule has 3 aromatic carbocycles. The van der Waals surface area contributed by atoms with E-state index in [0.717, 1.165) is 28.0 Å². The fourth-order valence-electron chi connectivity index (χ4n) is 6.27. The van der Waals surface area contributed by atoms with Gasteiger partial charge in [-0.25, -0.2) is 4.79 Å². The maximum atomic E-state index is 13.8. The molecule has 2 amide bonds. The zero-order valence-corrected chi connectivity index (χ0v) is 28.5. The second-order valence-electron chi connectivity index (χ2n) is 10.8. The van der Waals surface area contributed by atoms with E-state index in [1.54, 1.807) is 10.3 Å². The Labute approximate surface area is 287 Å². The Balaban J connectivity index is 1.23. The van der Waals surface area contributed by atoms with Gasteiger partial charge in [-0.15, -0.1) is 0 Å². The fourth-order valence-corrected chi connectivity index (χ4v) is 9.86. The van der Waals surface area contributed by atoms with E-state index >= 15 is 0 Å². The number of halogens is 1. The van der Waals surface area contributed by atoms with Crippen molar-refractivity contribution < 1.29 is 24.0 Å². The molecule has 4 heterocycles. The molecule has 2 unspecified atom stereocenters. The molecule has 0 saturated carbocycles. The SMILES string of the molecule is CON1C2=C(C(=O)Oc3nc(NC(c4ccccc4)(c4ccccc4)c4ccccc4)cs3)C1(NC(C)=O)S[C@H]1C(CI)C(=O)N21. The highest BCUT2D eigenvalue weighted by Crippen LogP contribution is 2.61. The number of benzene rings is 3. The Hall–Kier alpha value is -3.92. The summed E-state index contributed by atoms with van der Waals surface area (Å²) in [5.41, 5.74) is 2.31. The zero-order valence-electron chi connectivity index (χ0n) is 24.7. The van der Waals surface area contributed by atoms with Crippen molar-refractivity contribution >= 4 is 69.3 Å². The number of thiazole rings is 1. The second kappa shape index (κ2) is 12.0. The third-order valence-corrected chi connectivity index (χ3v) is 11.5. The number of alkyl halides is 1. The van der Waals surface area contributed by atoms with Gasteiger partial charge in [0.25, 0.3) is 5.19 Å². The minimum Gasteiger partial charge on any atom is -0.394 e. The van der Waals surface area contributed by atoms with Crippen LogP contribution in [0.2, 0.25) is 0 Å². The maximum Gasteiger partial charge on any atom is 0.350 e. The Bertz CT molecular complexity index is 1740. The molecule has 1 aromatic heterocycles. The van der Waals surface area contributed by atoms with Crippen LogP contribution in [-0.2, 0) is 24.8 Å². The van der Waals surface area contributed by atoms with Crippen molar-refractivity contribution in [3.63, 3.8) is 0 Å². The molecule has 3 atom stereocenters. The predicted octanol–water partition coefficient (Wildman–Crippen LogP) is 5.30. The normalized spacial score (nSPS) is 21.6. The van der Waals surface area contributed by atoms with Crippen LogP contribution < -0.4 is 15.4 Å². The third kappa shape index (κ3) is 4.70. The van der Waals surface area contributed by atoms with E-state index in [2.05, 4.69) is 74.6 Å². The molecule has 2 N–H and O–H groups in total. The number of anilines is 1. The number of rotatable bonds is 10. The molecule has 46 heavy (non-hydrogen) atoms. The van der Waals surface area contributed by atoms with Crippen molar-refractivity contribution in [2.45, 2.75) is 22.8 Å². The van der Waals surface area contributed by atoms with Gasteiger partial charge in [-0.1, -0.05) is 137 Å². The van der Waals surface area contributed by atoms with Crippen LogP contribution in [0.3, 0.4) is 0 Å². The number of hydrogen-bond acceptors (Lipinski definition) is 10. The number of carbonyl (C=O) groups excluding carboxylic acids is 3. The molecule has 0 aliphatic carbocycles. The summed E-state index contributed by atoms with van der Waals surface area (Å²) < 4.78 is 6.46. The average Bonchev–Trinajstić information content (AvgIpc) is 3.50. The van der Waals surface area contributed by atoms with E-state index in [-0.39, 0.29) is 39.7 Å². The predicted molar refractivity (Wildman–Crippen MR) is 184 cm³/mol. The van der Waals surface area contributed by atoms with Crippen molar-refractivity contribution in [2.75, 3.05) is 16.9 Å². The molecule has 2 bridgehead atoms. The first-order valence-electron chi connectivity index (χ1n) is 14.4. The van der Waals surface area contributed by atoms with Crippen molar-refractivity contribution in [1.29, 1.82) is 0 Å². The summed E-state index contributed by atoms with van der Waals surface area (Å²) in [6, 6.07) is 30.3. The number of esters is 1. The van der Waals surface area contributed by atoms with E-state index < -0.39 is 16.5 Å². The van der Waals surface area contributed by atoms with E-state index in [1.165, 1.54) is 30.9 Å². The molecule has 3 aliphatic rings. The Morgan fingerprint density at radius 1 is 0.978 bits per heavy atom. The summed E-state index contributed by atoms with van der Waals surface area (Å²) in [7, 11) is 1.43. The molecule has 234 valence electrons. The number of aromatic nitrogens is 1. The van der Waals surface area contributed by atoms with Crippen LogP contribution in [0, 0.1) is 5.92 Å². The Kier molecular flexibility index (Phi) is 8.03. The molecule has 1 saturated heterocycles. The molecular formula is C33H28IN5O5S2. The van der Waals surface area contributed by atoms with Crippen molar-refractivity contribution in [2.24, 2.45) is 5.92 Å².